The lowest BCUT2D eigenvalue weighted by Gasteiger charge is -2.41. The molecule has 0 bridgehead atoms. The fraction of sp³-hybridized carbons (Fsp3) is 0.870. The van der Waals surface area contributed by atoms with Gasteiger partial charge >= 0.3 is 0 Å². The molecule has 0 aromatic carbocycles. The Kier molecular flexibility index (Phi) is 7.11. The van der Waals surface area contributed by atoms with Crippen LogP contribution in [0.5, 0.6) is 0 Å². The first kappa shape index (κ1) is 19.3. The topological polar surface area (TPSA) is 39.7 Å². The molecule has 0 amide bonds. The van der Waals surface area contributed by atoms with Crippen molar-refractivity contribution >= 4 is 5.84 Å². The Labute approximate surface area is 166 Å². The van der Waals surface area contributed by atoms with E-state index in [1.807, 2.05) is 0 Å². The number of nitrogens with one attached hydrogen (secondary N) is 2. The molecule has 0 aromatic rings. The highest BCUT2D eigenvalue weighted by Gasteiger charge is 2.33. The minimum atomic E-state index is 0.729. The number of aliphatic imine (C=N–C) groups is 1. The first-order valence-corrected chi connectivity index (χ1v) is 11.8. The quantitative estimate of drug-likeness (QED) is 0.742. The predicted molar refractivity (Wildman–Crippen MR) is 114 cm³/mol. The largest absolute Gasteiger partial charge is 0.391 e. The van der Waals surface area contributed by atoms with Gasteiger partial charge in [-0.3, -0.25) is 4.99 Å². The van der Waals surface area contributed by atoms with Crippen molar-refractivity contribution in [2.75, 3.05) is 39.3 Å². The Bertz CT molecular complexity index is 520. The van der Waals surface area contributed by atoms with Crippen LogP contribution in [-0.2, 0) is 0 Å². The lowest BCUT2D eigenvalue weighted by atomic mass is 9.75. The van der Waals surface area contributed by atoms with Crippen LogP contribution in [0.15, 0.2) is 16.8 Å². The molecule has 4 heteroatoms. The van der Waals surface area contributed by atoms with Crippen molar-refractivity contribution in [2.45, 2.75) is 70.6 Å². The minimum absolute atomic E-state index is 0.729. The van der Waals surface area contributed by atoms with Gasteiger partial charge in [0.25, 0.3) is 0 Å². The highest BCUT2D eigenvalue weighted by atomic mass is 15.2. The van der Waals surface area contributed by atoms with E-state index in [9.17, 15) is 0 Å². The third-order valence-corrected chi connectivity index (χ3v) is 7.26. The van der Waals surface area contributed by atoms with Gasteiger partial charge in [-0.2, -0.15) is 0 Å². The van der Waals surface area contributed by atoms with E-state index in [0.29, 0.717) is 0 Å². The fourth-order valence-corrected chi connectivity index (χ4v) is 5.77. The van der Waals surface area contributed by atoms with Crippen molar-refractivity contribution in [2.24, 2.45) is 22.7 Å². The zero-order valence-electron chi connectivity index (χ0n) is 17.2. The molecule has 1 aliphatic carbocycles. The smallest absolute Gasteiger partial charge is 0.102 e. The lowest BCUT2D eigenvalue weighted by molar-refractivity contribution is 0.228. The number of allylic oxidation sites excluding steroid dienone is 1. The van der Waals surface area contributed by atoms with E-state index < -0.39 is 0 Å². The Balaban J connectivity index is 1.39. The average molecular weight is 373 g/mol. The Hall–Kier alpha value is -1.03. The van der Waals surface area contributed by atoms with Gasteiger partial charge in [-0.05, 0) is 88.9 Å². The van der Waals surface area contributed by atoms with E-state index in [1.165, 1.54) is 103 Å². The average Bonchev–Trinajstić information content (AvgIpc) is 2.74. The summed E-state index contributed by atoms with van der Waals surface area (Å²) in [5.74, 6) is 3.91. The first-order valence-electron chi connectivity index (χ1n) is 11.8. The lowest BCUT2D eigenvalue weighted by Crippen LogP contribution is -2.47. The van der Waals surface area contributed by atoms with E-state index in [1.54, 1.807) is 5.57 Å². The van der Waals surface area contributed by atoms with Crippen molar-refractivity contribution < 1.29 is 0 Å². The molecule has 1 saturated carbocycles. The van der Waals surface area contributed by atoms with Gasteiger partial charge in [0.1, 0.15) is 5.84 Å². The number of piperidine rings is 1. The number of rotatable bonds is 6. The monoisotopic (exact) mass is 372 g/mol. The minimum Gasteiger partial charge on any atom is -0.391 e. The Morgan fingerprint density at radius 2 is 2.00 bits per heavy atom. The summed E-state index contributed by atoms with van der Waals surface area (Å²) in [6.07, 6.45) is 17.2. The van der Waals surface area contributed by atoms with Crippen LogP contribution in [0.4, 0.5) is 0 Å². The van der Waals surface area contributed by atoms with Crippen LogP contribution >= 0.6 is 0 Å². The molecule has 152 valence electrons. The molecule has 3 heterocycles. The number of amidine groups is 1. The van der Waals surface area contributed by atoms with Crippen molar-refractivity contribution in [3.63, 3.8) is 0 Å². The van der Waals surface area contributed by atoms with Gasteiger partial charge in [-0.1, -0.05) is 18.4 Å². The van der Waals surface area contributed by atoms with E-state index in [4.69, 9.17) is 4.99 Å². The Morgan fingerprint density at radius 3 is 2.85 bits per heavy atom. The van der Waals surface area contributed by atoms with Crippen molar-refractivity contribution in [3.05, 3.63) is 11.8 Å². The standard InChI is InChI=1S/C23H40N4/c1-2-9-22(21(8-1)11-10-19-6-3-12-24-16-19)23-26-14-5-15-27(23)18-20-7-4-13-25-17-20/h16,20-22,24-25H,1-15,17-18H2. The summed E-state index contributed by atoms with van der Waals surface area (Å²) >= 11 is 0. The number of nitrogens with zero attached hydrogens (tertiary/aromatic N) is 2. The summed E-state index contributed by atoms with van der Waals surface area (Å²) < 4.78 is 0. The maximum absolute atomic E-state index is 5.14. The van der Waals surface area contributed by atoms with Crippen LogP contribution in [0.2, 0.25) is 0 Å². The fourth-order valence-electron chi connectivity index (χ4n) is 5.77. The van der Waals surface area contributed by atoms with Gasteiger partial charge in [-0.25, -0.2) is 0 Å². The van der Waals surface area contributed by atoms with Gasteiger partial charge in [0.15, 0.2) is 0 Å². The molecule has 0 spiro atoms. The first-order chi connectivity index (χ1) is 13.4. The van der Waals surface area contributed by atoms with Gasteiger partial charge in [0.2, 0.25) is 0 Å². The van der Waals surface area contributed by atoms with E-state index >= 15 is 0 Å². The van der Waals surface area contributed by atoms with Crippen LogP contribution in [0.1, 0.15) is 70.6 Å². The van der Waals surface area contributed by atoms with Crippen molar-refractivity contribution in [3.8, 4) is 0 Å². The molecule has 0 radical (unpaired) electrons. The van der Waals surface area contributed by atoms with Crippen LogP contribution in [-0.4, -0.2) is 50.0 Å². The molecule has 3 aliphatic heterocycles. The van der Waals surface area contributed by atoms with Crippen molar-refractivity contribution in [1.29, 1.82) is 0 Å². The molecule has 4 aliphatic rings. The van der Waals surface area contributed by atoms with Gasteiger partial charge < -0.3 is 15.5 Å². The highest BCUT2D eigenvalue weighted by molar-refractivity contribution is 5.85. The van der Waals surface area contributed by atoms with Gasteiger partial charge in [0, 0.05) is 32.1 Å². The van der Waals surface area contributed by atoms with Gasteiger partial charge in [-0.15, -0.1) is 0 Å². The summed E-state index contributed by atoms with van der Waals surface area (Å²) in [5, 5.41) is 7.06. The van der Waals surface area contributed by atoms with Crippen molar-refractivity contribution in [1.82, 2.24) is 15.5 Å². The third-order valence-electron chi connectivity index (χ3n) is 7.26. The second-order valence-electron chi connectivity index (χ2n) is 9.30. The molecule has 4 nitrogen and oxygen atoms in total. The van der Waals surface area contributed by atoms with E-state index in [0.717, 1.165) is 30.8 Å². The van der Waals surface area contributed by atoms with Crippen LogP contribution < -0.4 is 10.6 Å². The third kappa shape index (κ3) is 5.28. The molecule has 27 heavy (non-hydrogen) atoms. The molecule has 3 unspecified atom stereocenters. The zero-order chi connectivity index (χ0) is 18.3. The summed E-state index contributed by atoms with van der Waals surface area (Å²) in [6.45, 7) is 7.13. The second kappa shape index (κ2) is 9.95. The summed E-state index contributed by atoms with van der Waals surface area (Å²) in [5.41, 5.74) is 1.65. The highest BCUT2D eigenvalue weighted by Crippen LogP contribution is 2.37. The van der Waals surface area contributed by atoms with Crippen LogP contribution in [0.3, 0.4) is 0 Å². The molecule has 2 N–H and O–H groups in total. The van der Waals surface area contributed by atoms with Crippen LogP contribution in [0.25, 0.3) is 0 Å². The number of hydrogen-bond donors (Lipinski definition) is 2. The normalized spacial score (nSPS) is 32.4. The second-order valence-corrected chi connectivity index (χ2v) is 9.30. The SMILES string of the molecule is C1=C(CCC2CCCCC2C2=NCCCN2CC2CCCNC2)CCCN1. The molecule has 0 aromatic heterocycles. The predicted octanol–water partition coefficient (Wildman–Crippen LogP) is 3.94. The van der Waals surface area contributed by atoms with Gasteiger partial charge in [0.05, 0.1) is 0 Å². The zero-order valence-corrected chi connectivity index (χ0v) is 17.2. The molecular weight excluding hydrogens is 332 g/mol. The Morgan fingerprint density at radius 1 is 1.04 bits per heavy atom. The van der Waals surface area contributed by atoms with E-state index in [2.05, 4.69) is 21.7 Å². The summed E-state index contributed by atoms with van der Waals surface area (Å²) in [6, 6.07) is 0. The molecule has 1 saturated heterocycles. The van der Waals surface area contributed by atoms with Crippen LogP contribution in [0, 0.1) is 17.8 Å². The molecule has 4 rings (SSSR count). The van der Waals surface area contributed by atoms with E-state index in [-0.39, 0.29) is 0 Å². The summed E-state index contributed by atoms with van der Waals surface area (Å²) in [7, 11) is 0. The molecule has 3 atom stereocenters. The maximum Gasteiger partial charge on any atom is 0.102 e. The number of hydrogen-bond acceptors (Lipinski definition) is 4. The molecule has 2 fully saturated rings. The maximum atomic E-state index is 5.14. The summed E-state index contributed by atoms with van der Waals surface area (Å²) in [4.78, 5) is 7.85. The molecular formula is C23H40N4.